The van der Waals surface area contributed by atoms with E-state index in [1.54, 1.807) is 11.0 Å². The second kappa shape index (κ2) is 4.34. The Hall–Kier alpha value is -1.35. The van der Waals surface area contributed by atoms with Gasteiger partial charge in [-0.05, 0) is 0 Å². The predicted molar refractivity (Wildman–Crippen MR) is 74.1 cm³/mol. The third-order valence-electron chi connectivity index (χ3n) is 3.49. The number of nitro groups is 1. The third kappa shape index (κ3) is 1.96. The maximum absolute atomic E-state index is 12.5. The van der Waals surface area contributed by atoms with E-state index < -0.39 is 10.3 Å². The fraction of sp³-hybridized carbons (Fsp3) is 0.462. The van der Waals surface area contributed by atoms with E-state index in [1.807, 2.05) is 27.7 Å². The first-order chi connectivity index (χ1) is 8.67. The molecular formula is C13H15AsN2O3. The van der Waals surface area contributed by atoms with Crippen molar-refractivity contribution in [3.8, 4) is 0 Å². The van der Waals surface area contributed by atoms with Gasteiger partial charge in [0.2, 0.25) is 0 Å². The van der Waals surface area contributed by atoms with Crippen molar-refractivity contribution in [1.82, 2.24) is 0 Å². The summed E-state index contributed by atoms with van der Waals surface area (Å²) < 4.78 is 0.530. The maximum atomic E-state index is 12.5. The Morgan fingerprint density at radius 3 is 2.42 bits per heavy atom. The third-order valence-corrected chi connectivity index (χ3v) is 4.24. The minimum absolute atomic E-state index is 0.00935. The number of fused-ring (bicyclic) bond motifs is 1. The van der Waals surface area contributed by atoms with Gasteiger partial charge in [0.05, 0.1) is 0 Å². The van der Waals surface area contributed by atoms with Crippen LogP contribution in [0.4, 0.5) is 11.4 Å². The van der Waals surface area contributed by atoms with Gasteiger partial charge < -0.3 is 0 Å². The Kier molecular flexibility index (Phi) is 3.21. The van der Waals surface area contributed by atoms with Gasteiger partial charge in [0, 0.05) is 0 Å². The molecule has 0 saturated heterocycles. The summed E-state index contributed by atoms with van der Waals surface area (Å²) in [5.41, 5.74) is 0.914. The van der Waals surface area contributed by atoms with Crippen LogP contribution in [0.2, 0.25) is 0 Å². The van der Waals surface area contributed by atoms with E-state index in [9.17, 15) is 14.9 Å². The van der Waals surface area contributed by atoms with Crippen LogP contribution in [0.1, 0.15) is 33.3 Å². The first-order valence-electron chi connectivity index (χ1n) is 6.03. The average molecular weight is 322 g/mol. The van der Waals surface area contributed by atoms with Gasteiger partial charge in [-0.15, -0.1) is 0 Å². The molecule has 6 heteroatoms. The van der Waals surface area contributed by atoms with E-state index in [0.29, 0.717) is 10.0 Å². The first kappa shape index (κ1) is 14.1. The topological polar surface area (TPSA) is 63.5 Å². The van der Waals surface area contributed by atoms with Crippen LogP contribution in [-0.4, -0.2) is 33.7 Å². The summed E-state index contributed by atoms with van der Waals surface area (Å²) >= 11 is 2.21. The molecule has 1 aliphatic rings. The molecule has 0 saturated carbocycles. The SMILES string of the molecule is CC(C)N1C(=O)C(C)(C)c2cc([As])c([N+](=O)[O-])cc21. The van der Waals surface area contributed by atoms with Crippen LogP contribution < -0.4 is 9.25 Å². The van der Waals surface area contributed by atoms with Gasteiger partial charge in [0.15, 0.2) is 0 Å². The summed E-state index contributed by atoms with van der Waals surface area (Å²) in [6.07, 6.45) is 0. The van der Waals surface area contributed by atoms with Gasteiger partial charge >= 0.3 is 120 Å². The molecule has 100 valence electrons. The molecule has 0 atom stereocenters. The molecule has 0 bridgehead atoms. The van der Waals surface area contributed by atoms with Gasteiger partial charge in [0.1, 0.15) is 0 Å². The number of benzene rings is 1. The molecule has 0 spiro atoms. The van der Waals surface area contributed by atoms with E-state index in [0.717, 1.165) is 5.56 Å². The van der Waals surface area contributed by atoms with Crippen molar-refractivity contribution in [3.63, 3.8) is 0 Å². The zero-order valence-corrected chi connectivity index (χ0v) is 13.2. The number of amides is 1. The number of anilines is 1. The van der Waals surface area contributed by atoms with E-state index in [1.165, 1.54) is 6.07 Å². The van der Waals surface area contributed by atoms with Crippen LogP contribution in [0.3, 0.4) is 0 Å². The van der Waals surface area contributed by atoms with Gasteiger partial charge in [-0.3, -0.25) is 0 Å². The number of carbonyl (C=O) groups excluding carboxylic acids is 1. The van der Waals surface area contributed by atoms with Gasteiger partial charge in [0.25, 0.3) is 0 Å². The number of nitro benzene ring substituents is 1. The number of rotatable bonds is 2. The fourth-order valence-electron chi connectivity index (χ4n) is 2.45. The molecule has 5 nitrogen and oxygen atoms in total. The number of hydrogen-bond donors (Lipinski definition) is 0. The van der Waals surface area contributed by atoms with Crippen LogP contribution >= 0.6 is 0 Å². The summed E-state index contributed by atoms with van der Waals surface area (Å²) in [5, 5.41) is 11.0. The van der Waals surface area contributed by atoms with Gasteiger partial charge in [-0.25, -0.2) is 0 Å². The van der Waals surface area contributed by atoms with Crippen LogP contribution in [-0.2, 0) is 10.2 Å². The van der Waals surface area contributed by atoms with E-state index in [4.69, 9.17) is 0 Å². The Morgan fingerprint density at radius 2 is 1.95 bits per heavy atom. The summed E-state index contributed by atoms with van der Waals surface area (Å²) in [6.45, 7) is 7.53. The predicted octanol–water partition coefficient (Wildman–Crippen LogP) is 1.42. The van der Waals surface area contributed by atoms with Crippen molar-refractivity contribution in [2.75, 3.05) is 4.90 Å². The Bertz CT molecular complexity index is 581. The van der Waals surface area contributed by atoms with Crippen molar-refractivity contribution in [2.45, 2.75) is 39.2 Å². The van der Waals surface area contributed by atoms with Crippen LogP contribution in [0.25, 0.3) is 0 Å². The summed E-state index contributed by atoms with van der Waals surface area (Å²) in [4.78, 5) is 24.7. The van der Waals surface area contributed by atoms with Crippen molar-refractivity contribution >= 4 is 38.5 Å². The Morgan fingerprint density at radius 1 is 1.37 bits per heavy atom. The summed E-state index contributed by atoms with van der Waals surface area (Å²) in [6, 6.07) is 3.23. The molecule has 19 heavy (non-hydrogen) atoms. The van der Waals surface area contributed by atoms with E-state index >= 15 is 0 Å². The van der Waals surface area contributed by atoms with Crippen LogP contribution in [0.5, 0.6) is 0 Å². The molecule has 2 rings (SSSR count). The van der Waals surface area contributed by atoms with E-state index in [2.05, 4.69) is 16.9 Å². The quantitative estimate of drug-likeness (QED) is 0.470. The molecule has 1 heterocycles. The molecule has 1 amide bonds. The zero-order chi connectivity index (χ0) is 14.5. The summed E-state index contributed by atoms with van der Waals surface area (Å²) in [7, 11) is 0. The Balaban J connectivity index is 2.73. The molecule has 1 aliphatic heterocycles. The van der Waals surface area contributed by atoms with Crippen LogP contribution in [0, 0.1) is 10.1 Å². The van der Waals surface area contributed by atoms with Crippen molar-refractivity contribution in [2.24, 2.45) is 0 Å². The first-order valence-corrected chi connectivity index (χ1v) is 6.97. The molecule has 1 aromatic rings. The standard InChI is InChI=1S/C13H15AsN2O3/c1-7(2)15-10-6-11(16(18)19)9(14)5-8(10)13(3,4)12(15)17/h5-7H,1-4H3. The van der Waals surface area contributed by atoms with Crippen molar-refractivity contribution < 1.29 is 9.72 Å². The van der Waals surface area contributed by atoms with E-state index in [-0.39, 0.29) is 17.6 Å². The monoisotopic (exact) mass is 322 g/mol. The molecule has 0 aliphatic carbocycles. The second-order valence-electron chi connectivity index (χ2n) is 5.51. The molecule has 0 unspecified atom stereocenters. The molecule has 0 fully saturated rings. The van der Waals surface area contributed by atoms with Crippen LogP contribution in [0.15, 0.2) is 12.1 Å². The van der Waals surface area contributed by atoms with Crippen molar-refractivity contribution in [3.05, 3.63) is 27.8 Å². The molecule has 1 aromatic carbocycles. The Labute approximate surface area is 120 Å². The fourth-order valence-corrected chi connectivity index (χ4v) is 3.03. The number of carbonyl (C=O) groups is 1. The minimum atomic E-state index is -0.636. The molecule has 2 radical (unpaired) electrons. The number of hydrogen-bond acceptors (Lipinski definition) is 3. The van der Waals surface area contributed by atoms with Crippen molar-refractivity contribution in [1.29, 1.82) is 0 Å². The number of nitrogens with zero attached hydrogens (tertiary/aromatic N) is 2. The second-order valence-corrected chi connectivity index (χ2v) is 6.52. The average Bonchev–Trinajstić information content (AvgIpc) is 2.47. The summed E-state index contributed by atoms with van der Waals surface area (Å²) in [5.74, 6) is -0.00935. The van der Waals surface area contributed by atoms with Gasteiger partial charge in [-0.2, -0.15) is 0 Å². The van der Waals surface area contributed by atoms with Gasteiger partial charge in [-0.1, -0.05) is 0 Å². The molecule has 0 N–H and O–H groups in total. The zero-order valence-electron chi connectivity index (χ0n) is 11.3. The molecular weight excluding hydrogens is 307 g/mol. The normalized spacial score (nSPS) is 16.9. The molecule has 0 aromatic heterocycles.